The van der Waals surface area contributed by atoms with Crippen molar-refractivity contribution in [1.82, 2.24) is 8.87 Å². The first kappa shape index (κ1) is 16.1. The topological polar surface area (TPSA) is 71.7 Å². The Morgan fingerprint density at radius 2 is 2.04 bits per heavy atom. The average Bonchev–Trinajstić information content (AvgIpc) is 3.18. The number of benzene rings is 1. The fraction of sp³-hybridized carbons (Fsp3) is 0.333. The quantitative estimate of drug-likeness (QED) is 0.838. The molecule has 23 heavy (non-hydrogen) atoms. The van der Waals surface area contributed by atoms with Gasteiger partial charge in [-0.3, -0.25) is 4.79 Å². The Morgan fingerprint density at radius 3 is 2.70 bits per heavy atom. The van der Waals surface area contributed by atoms with Gasteiger partial charge in [0.1, 0.15) is 6.04 Å². The summed E-state index contributed by atoms with van der Waals surface area (Å²) in [5.41, 5.74) is 0. The Kier molecular flexibility index (Phi) is 4.47. The zero-order valence-electron chi connectivity index (χ0n) is 12.6. The number of hydrogen-bond acceptors (Lipinski definition) is 4. The van der Waals surface area contributed by atoms with Crippen LogP contribution in [0, 0.1) is 0 Å². The summed E-state index contributed by atoms with van der Waals surface area (Å²) in [5.74, 6) is -0.403. The minimum atomic E-state index is -3.67. The lowest BCUT2D eigenvalue weighted by Gasteiger charge is -2.21. The summed E-state index contributed by atoms with van der Waals surface area (Å²) in [6.07, 6.45) is 2.97. The van der Waals surface area contributed by atoms with Gasteiger partial charge < -0.3 is 4.57 Å². The maximum Gasteiger partial charge on any atom is 0.266 e. The third-order valence-electron chi connectivity index (χ3n) is 3.80. The van der Waals surface area contributed by atoms with Crippen LogP contribution in [0.4, 0.5) is 0 Å². The zero-order chi connectivity index (χ0) is 16.4. The molecule has 1 aliphatic heterocycles. The number of hydrogen-bond donors (Lipinski definition) is 0. The maximum atomic E-state index is 12.7. The van der Waals surface area contributed by atoms with E-state index in [0.29, 0.717) is 24.2 Å². The summed E-state index contributed by atoms with van der Waals surface area (Å²) in [4.78, 5) is 17.3. The summed E-state index contributed by atoms with van der Waals surface area (Å²) >= 11 is 1.35. The largest absolute Gasteiger partial charge is 0.327 e. The predicted octanol–water partition coefficient (Wildman–Crippen LogP) is 1.37. The first-order valence-electron chi connectivity index (χ1n) is 7.26. The van der Waals surface area contributed by atoms with E-state index >= 15 is 0 Å². The van der Waals surface area contributed by atoms with E-state index in [4.69, 9.17) is 0 Å². The van der Waals surface area contributed by atoms with Crippen molar-refractivity contribution in [2.24, 2.45) is 12.0 Å². The van der Waals surface area contributed by atoms with Crippen LogP contribution in [0.25, 0.3) is 0 Å². The van der Waals surface area contributed by atoms with Gasteiger partial charge in [0.2, 0.25) is 10.0 Å². The predicted molar refractivity (Wildman–Crippen MR) is 87.2 cm³/mol. The van der Waals surface area contributed by atoms with Gasteiger partial charge in [-0.2, -0.15) is 9.30 Å². The van der Waals surface area contributed by atoms with Gasteiger partial charge in [0.25, 0.3) is 5.91 Å². The Morgan fingerprint density at radius 1 is 1.30 bits per heavy atom. The van der Waals surface area contributed by atoms with Crippen LogP contribution in [-0.2, 0) is 21.9 Å². The van der Waals surface area contributed by atoms with Gasteiger partial charge in [-0.05, 0) is 25.0 Å². The molecule has 1 aromatic carbocycles. The van der Waals surface area contributed by atoms with Crippen molar-refractivity contribution in [2.45, 2.75) is 23.8 Å². The van der Waals surface area contributed by atoms with E-state index in [9.17, 15) is 13.2 Å². The summed E-state index contributed by atoms with van der Waals surface area (Å²) in [5, 5.41) is 1.83. The molecule has 3 rings (SSSR count). The van der Waals surface area contributed by atoms with Crippen LogP contribution in [0.15, 0.2) is 51.8 Å². The number of aryl methyl sites for hydroxylation is 1. The second kappa shape index (κ2) is 6.38. The number of aromatic nitrogens is 1. The molecule has 0 N–H and O–H groups in total. The number of thiazole rings is 1. The van der Waals surface area contributed by atoms with Crippen LogP contribution in [0.1, 0.15) is 12.8 Å². The van der Waals surface area contributed by atoms with Crippen molar-refractivity contribution in [1.29, 1.82) is 0 Å². The van der Waals surface area contributed by atoms with E-state index in [1.165, 1.54) is 15.6 Å². The van der Waals surface area contributed by atoms with E-state index in [2.05, 4.69) is 4.99 Å². The van der Waals surface area contributed by atoms with Crippen molar-refractivity contribution >= 4 is 27.3 Å². The van der Waals surface area contributed by atoms with Crippen LogP contribution < -0.4 is 4.80 Å². The lowest BCUT2D eigenvalue weighted by Crippen LogP contribution is -2.40. The zero-order valence-corrected chi connectivity index (χ0v) is 14.3. The van der Waals surface area contributed by atoms with Gasteiger partial charge in [0.05, 0.1) is 4.90 Å². The molecule has 6 nitrogen and oxygen atoms in total. The molecule has 2 aromatic rings. The van der Waals surface area contributed by atoms with E-state index in [-0.39, 0.29) is 4.90 Å². The number of carbonyl (C=O) groups excluding carboxylic acids is 1. The van der Waals surface area contributed by atoms with E-state index < -0.39 is 22.0 Å². The summed E-state index contributed by atoms with van der Waals surface area (Å²) < 4.78 is 28.5. The summed E-state index contributed by atoms with van der Waals surface area (Å²) in [6.45, 7) is 0.347. The molecule has 1 aromatic heterocycles. The highest BCUT2D eigenvalue weighted by molar-refractivity contribution is 7.89. The molecule has 1 atom stereocenters. The molecule has 1 saturated heterocycles. The molecule has 0 bridgehead atoms. The molecular formula is C15H17N3O3S2. The molecule has 1 aliphatic rings. The first-order chi connectivity index (χ1) is 11.0. The van der Waals surface area contributed by atoms with Crippen molar-refractivity contribution in [2.75, 3.05) is 6.54 Å². The number of carbonyl (C=O) groups is 1. The van der Waals surface area contributed by atoms with Gasteiger partial charge in [-0.15, -0.1) is 11.3 Å². The number of rotatable bonds is 3. The first-order valence-corrected chi connectivity index (χ1v) is 9.58. The highest BCUT2D eigenvalue weighted by atomic mass is 32.2. The standard InChI is InChI=1S/C15H17N3O3S2/c1-17-10-11-22-15(17)16-14(19)13-8-5-9-18(13)23(20,21)12-6-3-2-4-7-12/h2-4,6-7,10-11,13H,5,8-9H2,1H3. The normalized spacial score (nSPS) is 20.0. The van der Waals surface area contributed by atoms with E-state index in [1.54, 1.807) is 41.9 Å². The number of nitrogens with zero attached hydrogens (tertiary/aromatic N) is 3. The van der Waals surface area contributed by atoms with Crippen molar-refractivity contribution in [3.8, 4) is 0 Å². The third kappa shape index (κ3) is 3.15. The second-order valence-electron chi connectivity index (χ2n) is 5.33. The summed E-state index contributed by atoms with van der Waals surface area (Å²) in [7, 11) is -1.87. The Hall–Kier alpha value is -1.77. The van der Waals surface area contributed by atoms with E-state index in [0.717, 1.165) is 0 Å². The molecule has 1 fully saturated rings. The molecule has 2 heterocycles. The Labute approximate surface area is 138 Å². The van der Waals surface area contributed by atoms with Crippen LogP contribution >= 0.6 is 11.3 Å². The van der Waals surface area contributed by atoms with E-state index in [1.807, 2.05) is 11.6 Å². The van der Waals surface area contributed by atoms with Crippen LogP contribution in [0.3, 0.4) is 0 Å². The van der Waals surface area contributed by atoms with Crippen LogP contribution in [-0.4, -0.2) is 35.8 Å². The molecular weight excluding hydrogens is 334 g/mol. The third-order valence-corrected chi connectivity index (χ3v) is 6.57. The second-order valence-corrected chi connectivity index (χ2v) is 8.10. The van der Waals surface area contributed by atoms with Crippen LogP contribution in [0.2, 0.25) is 0 Å². The fourth-order valence-corrected chi connectivity index (χ4v) is 5.01. The molecule has 122 valence electrons. The monoisotopic (exact) mass is 351 g/mol. The maximum absolute atomic E-state index is 12.7. The molecule has 1 unspecified atom stereocenters. The molecule has 1 amide bonds. The fourth-order valence-electron chi connectivity index (χ4n) is 2.61. The molecule has 0 aliphatic carbocycles. The highest BCUT2D eigenvalue weighted by Crippen LogP contribution is 2.26. The Balaban J connectivity index is 1.92. The minimum Gasteiger partial charge on any atom is -0.327 e. The smallest absolute Gasteiger partial charge is 0.266 e. The van der Waals surface area contributed by atoms with Gasteiger partial charge in [0.15, 0.2) is 4.80 Å². The van der Waals surface area contributed by atoms with Gasteiger partial charge >= 0.3 is 0 Å². The minimum absolute atomic E-state index is 0.210. The molecule has 8 heteroatoms. The molecule has 0 spiro atoms. The Bertz CT molecular complexity index is 869. The average molecular weight is 351 g/mol. The summed E-state index contributed by atoms with van der Waals surface area (Å²) in [6, 6.07) is 7.49. The van der Waals surface area contributed by atoms with Gasteiger partial charge in [-0.25, -0.2) is 8.42 Å². The molecule has 0 saturated carbocycles. The number of amides is 1. The van der Waals surface area contributed by atoms with Crippen molar-refractivity contribution in [3.05, 3.63) is 46.7 Å². The van der Waals surface area contributed by atoms with Crippen molar-refractivity contribution in [3.63, 3.8) is 0 Å². The highest BCUT2D eigenvalue weighted by Gasteiger charge is 2.39. The van der Waals surface area contributed by atoms with Gasteiger partial charge in [-0.1, -0.05) is 18.2 Å². The lowest BCUT2D eigenvalue weighted by molar-refractivity contribution is -0.121. The van der Waals surface area contributed by atoms with Crippen LogP contribution in [0.5, 0.6) is 0 Å². The van der Waals surface area contributed by atoms with Crippen molar-refractivity contribution < 1.29 is 13.2 Å². The van der Waals surface area contributed by atoms with Gasteiger partial charge in [0, 0.05) is 25.2 Å². The SMILES string of the molecule is Cn1ccsc1=NC(=O)C1CCCN1S(=O)(=O)c1ccccc1. The number of sulfonamides is 1. The molecule has 0 radical (unpaired) electrons. The lowest BCUT2D eigenvalue weighted by atomic mass is 10.2.